The summed E-state index contributed by atoms with van der Waals surface area (Å²) in [6.07, 6.45) is 2.95. The Balaban J connectivity index is 1.65. The van der Waals surface area contributed by atoms with Crippen molar-refractivity contribution in [1.82, 2.24) is 4.90 Å². The highest BCUT2D eigenvalue weighted by atomic mass is 16.2. The van der Waals surface area contributed by atoms with Crippen LogP contribution in [0.3, 0.4) is 0 Å². The molecule has 1 aliphatic carbocycles. The minimum atomic E-state index is 0.304. The van der Waals surface area contributed by atoms with Crippen LogP contribution >= 0.6 is 0 Å². The number of amides is 1. The highest BCUT2D eigenvalue weighted by molar-refractivity contribution is 5.77. The molecule has 2 N–H and O–H groups in total. The highest BCUT2D eigenvalue weighted by Crippen LogP contribution is 2.38. The summed E-state index contributed by atoms with van der Waals surface area (Å²) in [5, 5.41) is 0. The quantitative estimate of drug-likeness (QED) is 0.929. The number of hydrogen-bond donors (Lipinski definition) is 1. The molecule has 1 aromatic rings. The molecule has 1 saturated carbocycles. The van der Waals surface area contributed by atoms with Gasteiger partial charge in [0.2, 0.25) is 5.91 Å². The lowest BCUT2D eigenvalue weighted by Gasteiger charge is -2.25. The van der Waals surface area contributed by atoms with Gasteiger partial charge in [-0.2, -0.15) is 0 Å². The van der Waals surface area contributed by atoms with E-state index in [-0.39, 0.29) is 0 Å². The second-order valence-electron chi connectivity index (χ2n) is 7.43. The molecule has 3 nitrogen and oxygen atoms in total. The minimum Gasteiger partial charge on any atom is -0.342 e. The van der Waals surface area contributed by atoms with E-state index in [1.807, 2.05) is 6.07 Å². The summed E-state index contributed by atoms with van der Waals surface area (Å²) in [7, 11) is 0. The van der Waals surface area contributed by atoms with Crippen LogP contribution in [0.25, 0.3) is 0 Å². The average Bonchev–Trinajstić information content (AvgIpc) is 3.08. The zero-order valence-electron chi connectivity index (χ0n) is 13.7. The van der Waals surface area contributed by atoms with E-state index in [4.69, 9.17) is 5.73 Å². The standard InChI is InChI=1S/C19H28N2O/c1-13(2)16(14-6-4-3-5-7-14)10-19(22)21-11-15-8-9-18(20)17(15)12-21/h3-7,13,15-18H,8-12,20H2,1-2H3. The van der Waals surface area contributed by atoms with Gasteiger partial charge in [0.25, 0.3) is 0 Å². The van der Waals surface area contributed by atoms with Crippen LogP contribution in [0.1, 0.15) is 44.6 Å². The van der Waals surface area contributed by atoms with Gasteiger partial charge in [0.1, 0.15) is 0 Å². The molecule has 0 spiro atoms. The number of rotatable bonds is 4. The van der Waals surface area contributed by atoms with Crippen molar-refractivity contribution >= 4 is 5.91 Å². The van der Waals surface area contributed by atoms with E-state index in [0.29, 0.717) is 42.0 Å². The zero-order chi connectivity index (χ0) is 15.7. The summed E-state index contributed by atoms with van der Waals surface area (Å²) in [5.74, 6) is 2.27. The van der Waals surface area contributed by atoms with Gasteiger partial charge in [0.05, 0.1) is 0 Å². The van der Waals surface area contributed by atoms with Gasteiger partial charge in [0.15, 0.2) is 0 Å². The van der Waals surface area contributed by atoms with Crippen molar-refractivity contribution in [3.63, 3.8) is 0 Å². The van der Waals surface area contributed by atoms with Crippen molar-refractivity contribution in [3.05, 3.63) is 35.9 Å². The SMILES string of the molecule is CC(C)C(CC(=O)N1CC2CCC(N)C2C1)c1ccccc1. The van der Waals surface area contributed by atoms with Crippen LogP contribution in [-0.2, 0) is 4.79 Å². The fourth-order valence-corrected chi connectivity index (χ4v) is 4.27. The number of fused-ring (bicyclic) bond motifs is 1. The van der Waals surface area contributed by atoms with Crippen LogP contribution in [0.15, 0.2) is 30.3 Å². The van der Waals surface area contributed by atoms with Crippen LogP contribution in [0, 0.1) is 17.8 Å². The summed E-state index contributed by atoms with van der Waals surface area (Å²) >= 11 is 0. The van der Waals surface area contributed by atoms with E-state index in [1.54, 1.807) is 0 Å². The third kappa shape index (κ3) is 3.05. The molecule has 22 heavy (non-hydrogen) atoms. The molecular weight excluding hydrogens is 272 g/mol. The van der Waals surface area contributed by atoms with Crippen molar-refractivity contribution in [2.45, 2.75) is 45.1 Å². The molecular formula is C19H28N2O. The molecule has 1 saturated heterocycles. The number of nitrogens with zero attached hydrogens (tertiary/aromatic N) is 1. The first kappa shape index (κ1) is 15.5. The van der Waals surface area contributed by atoms with E-state index < -0.39 is 0 Å². The van der Waals surface area contributed by atoms with Gasteiger partial charge in [-0.05, 0) is 42.1 Å². The summed E-state index contributed by atoms with van der Waals surface area (Å²) in [4.78, 5) is 14.8. The van der Waals surface area contributed by atoms with Gasteiger partial charge in [-0.1, -0.05) is 44.2 Å². The molecule has 2 fully saturated rings. The highest BCUT2D eigenvalue weighted by Gasteiger charge is 2.42. The van der Waals surface area contributed by atoms with Crippen LogP contribution in [0.2, 0.25) is 0 Å². The van der Waals surface area contributed by atoms with E-state index >= 15 is 0 Å². The van der Waals surface area contributed by atoms with Crippen LogP contribution in [-0.4, -0.2) is 29.9 Å². The molecule has 3 rings (SSSR count). The molecule has 0 bridgehead atoms. The summed E-state index contributed by atoms with van der Waals surface area (Å²) in [5.41, 5.74) is 7.46. The van der Waals surface area contributed by atoms with Crippen molar-refractivity contribution in [2.75, 3.05) is 13.1 Å². The lowest BCUT2D eigenvalue weighted by Crippen LogP contribution is -2.34. The molecule has 1 aliphatic heterocycles. The Bertz CT molecular complexity index is 513. The fraction of sp³-hybridized carbons (Fsp3) is 0.632. The van der Waals surface area contributed by atoms with E-state index in [1.165, 1.54) is 12.0 Å². The molecule has 0 radical (unpaired) electrons. The Morgan fingerprint density at radius 1 is 1.23 bits per heavy atom. The Hall–Kier alpha value is -1.35. The summed E-state index contributed by atoms with van der Waals surface area (Å²) in [6, 6.07) is 10.8. The van der Waals surface area contributed by atoms with Gasteiger partial charge in [-0.3, -0.25) is 4.79 Å². The number of benzene rings is 1. The zero-order valence-corrected chi connectivity index (χ0v) is 13.7. The van der Waals surface area contributed by atoms with Gasteiger partial charge >= 0.3 is 0 Å². The molecule has 1 amide bonds. The maximum absolute atomic E-state index is 12.8. The van der Waals surface area contributed by atoms with E-state index in [0.717, 1.165) is 19.5 Å². The number of hydrogen-bond acceptors (Lipinski definition) is 2. The van der Waals surface area contributed by atoms with Gasteiger partial charge < -0.3 is 10.6 Å². The average molecular weight is 300 g/mol. The monoisotopic (exact) mass is 300 g/mol. The molecule has 2 aliphatic rings. The molecule has 1 heterocycles. The Morgan fingerprint density at radius 3 is 2.59 bits per heavy atom. The third-order valence-electron chi connectivity index (χ3n) is 5.69. The molecule has 3 heteroatoms. The molecule has 1 aromatic carbocycles. The van der Waals surface area contributed by atoms with Crippen LogP contribution in [0.5, 0.6) is 0 Å². The lowest BCUT2D eigenvalue weighted by molar-refractivity contribution is -0.131. The summed E-state index contributed by atoms with van der Waals surface area (Å²) < 4.78 is 0. The van der Waals surface area contributed by atoms with Crippen molar-refractivity contribution < 1.29 is 4.79 Å². The second-order valence-corrected chi connectivity index (χ2v) is 7.43. The normalized spacial score (nSPS) is 28.9. The molecule has 4 atom stereocenters. The first-order chi connectivity index (χ1) is 10.6. The summed E-state index contributed by atoms with van der Waals surface area (Å²) in [6.45, 7) is 6.22. The molecule has 4 unspecified atom stereocenters. The van der Waals surface area contributed by atoms with E-state index in [9.17, 15) is 4.79 Å². The van der Waals surface area contributed by atoms with Crippen molar-refractivity contribution in [1.29, 1.82) is 0 Å². The van der Waals surface area contributed by atoms with Crippen molar-refractivity contribution in [3.8, 4) is 0 Å². The fourth-order valence-electron chi connectivity index (χ4n) is 4.27. The van der Waals surface area contributed by atoms with Crippen molar-refractivity contribution in [2.24, 2.45) is 23.5 Å². The first-order valence-corrected chi connectivity index (χ1v) is 8.64. The maximum Gasteiger partial charge on any atom is 0.223 e. The largest absolute Gasteiger partial charge is 0.342 e. The molecule has 120 valence electrons. The predicted octanol–water partition coefficient (Wildman–Crippen LogP) is 3.01. The number of carbonyl (C=O) groups is 1. The predicted molar refractivity (Wildman–Crippen MR) is 89.4 cm³/mol. The number of likely N-dealkylation sites (tertiary alicyclic amines) is 1. The maximum atomic E-state index is 12.8. The Kier molecular flexibility index (Phi) is 4.53. The number of nitrogens with two attached hydrogens (primary N) is 1. The minimum absolute atomic E-state index is 0.304. The Labute approximate surface area is 133 Å². The van der Waals surface area contributed by atoms with Gasteiger partial charge in [-0.25, -0.2) is 0 Å². The van der Waals surface area contributed by atoms with Gasteiger partial charge in [0, 0.05) is 25.6 Å². The molecule has 0 aromatic heterocycles. The Morgan fingerprint density at radius 2 is 1.95 bits per heavy atom. The topological polar surface area (TPSA) is 46.3 Å². The van der Waals surface area contributed by atoms with E-state index in [2.05, 4.69) is 43.0 Å². The first-order valence-electron chi connectivity index (χ1n) is 8.64. The van der Waals surface area contributed by atoms with Gasteiger partial charge in [-0.15, -0.1) is 0 Å². The van der Waals surface area contributed by atoms with Crippen LogP contribution in [0.4, 0.5) is 0 Å². The van der Waals surface area contributed by atoms with Crippen LogP contribution < -0.4 is 5.73 Å². The third-order valence-corrected chi connectivity index (χ3v) is 5.69. The lowest BCUT2D eigenvalue weighted by atomic mass is 9.85. The number of carbonyl (C=O) groups excluding carboxylic acids is 1. The second kappa shape index (κ2) is 6.41. The smallest absolute Gasteiger partial charge is 0.223 e.